The Kier molecular flexibility index (Phi) is 7.68. The molecule has 1 aromatic rings. The molecule has 0 saturated heterocycles. The lowest BCUT2D eigenvalue weighted by molar-refractivity contribution is 0.299. The first-order chi connectivity index (χ1) is 9.54. The molecule has 1 rings (SSSR count). The minimum atomic E-state index is 0.623. The van der Waals surface area contributed by atoms with Crippen LogP contribution in [0.3, 0.4) is 0 Å². The maximum absolute atomic E-state index is 5.94. The van der Waals surface area contributed by atoms with Crippen LogP contribution in [0, 0.1) is 20.8 Å². The van der Waals surface area contributed by atoms with Crippen molar-refractivity contribution in [2.75, 3.05) is 13.2 Å². The van der Waals surface area contributed by atoms with E-state index in [0.29, 0.717) is 6.04 Å². The lowest BCUT2D eigenvalue weighted by atomic mass is 10.1. The number of benzene rings is 1. The fourth-order valence-corrected chi connectivity index (χ4v) is 2.38. The largest absolute Gasteiger partial charge is 0.493 e. The molecule has 0 heterocycles. The minimum Gasteiger partial charge on any atom is -0.493 e. The molecule has 20 heavy (non-hydrogen) atoms. The van der Waals surface area contributed by atoms with Crippen molar-refractivity contribution in [2.24, 2.45) is 0 Å². The summed E-state index contributed by atoms with van der Waals surface area (Å²) in [5.74, 6) is 1.06. The zero-order chi connectivity index (χ0) is 15.0. The van der Waals surface area contributed by atoms with Crippen molar-refractivity contribution in [1.82, 2.24) is 5.32 Å². The van der Waals surface area contributed by atoms with Crippen LogP contribution in [0.2, 0.25) is 0 Å². The molecule has 2 heteroatoms. The molecule has 1 atom stereocenters. The topological polar surface area (TPSA) is 21.3 Å². The van der Waals surface area contributed by atoms with Gasteiger partial charge in [-0.2, -0.15) is 0 Å². The van der Waals surface area contributed by atoms with E-state index < -0.39 is 0 Å². The lowest BCUT2D eigenvalue weighted by Gasteiger charge is -2.14. The third kappa shape index (κ3) is 5.96. The molecular formula is C18H31NO. The number of hydrogen-bond donors (Lipinski definition) is 1. The number of ether oxygens (including phenoxy) is 1. The van der Waals surface area contributed by atoms with E-state index >= 15 is 0 Å². The van der Waals surface area contributed by atoms with Gasteiger partial charge in [-0.25, -0.2) is 0 Å². The number of aryl methyl sites for hydroxylation is 2. The molecule has 2 nitrogen and oxygen atoms in total. The summed E-state index contributed by atoms with van der Waals surface area (Å²) in [5.41, 5.74) is 3.87. The Bertz CT molecular complexity index is 401. The molecule has 0 aromatic heterocycles. The summed E-state index contributed by atoms with van der Waals surface area (Å²) in [5, 5.41) is 3.52. The first kappa shape index (κ1) is 17.0. The van der Waals surface area contributed by atoms with Gasteiger partial charge < -0.3 is 10.1 Å². The second kappa shape index (κ2) is 9.02. The van der Waals surface area contributed by atoms with Gasteiger partial charge in [0.2, 0.25) is 0 Å². The first-order valence-corrected chi connectivity index (χ1v) is 7.98. The number of nitrogens with one attached hydrogen (secondary N) is 1. The van der Waals surface area contributed by atoms with Crippen LogP contribution >= 0.6 is 0 Å². The van der Waals surface area contributed by atoms with Crippen LogP contribution in [0.1, 0.15) is 56.2 Å². The quantitative estimate of drug-likeness (QED) is 0.669. The molecule has 0 bridgehead atoms. The Labute approximate surface area is 124 Å². The summed E-state index contributed by atoms with van der Waals surface area (Å²) >= 11 is 0. The Balaban J connectivity index is 2.25. The molecule has 1 N–H and O–H groups in total. The Morgan fingerprint density at radius 3 is 2.60 bits per heavy atom. The van der Waals surface area contributed by atoms with Crippen molar-refractivity contribution in [3.8, 4) is 5.75 Å². The maximum Gasteiger partial charge on any atom is 0.122 e. The maximum atomic E-state index is 5.94. The molecule has 1 aromatic carbocycles. The summed E-state index contributed by atoms with van der Waals surface area (Å²) in [4.78, 5) is 0. The summed E-state index contributed by atoms with van der Waals surface area (Å²) in [6.07, 6.45) is 4.79. The van der Waals surface area contributed by atoms with E-state index in [4.69, 9.17) is 4.74 Å². The molecule has 0 radical (unpaired) electrons. The highest BCUT2D eigenvalue weighted by atomic mass is 16.5. The lowest BCUT2D eigenvalue weighted by Crippen LogP contribution is -2.26. The van der Waals surface area contributed by atoms with Crippen molar-refractivity contribution >= 4 is 0 Å². The predicted molar refractivity (Wildman–Crippen MR) is 87.8 cm³/mol. The van der Waals surface area contributed by atoms with Crippen LogP contribution in [0.5, 0.6) is 5.75 Å². The van der Waals surface area contributed by atoms with Gasteiger partial charge >= 0.3 is 0 Å². The first-order valence-electron chi connectivity index (χ1n) is 7.98. The van der Waals surface area contributed by atoms with Gasteiger partial charge in [-0.1, -0.05) is 13.0 Å². The summed E-state index contributed by atoms with van der Waals surface area (Å²) in [7, 11) is 0. The summed E-state index contributed by atoms with van der Waals surface area (Å²) in [6, 6.07) is 4.98. The van der Waals surface area contributed by atoms with Gasteiger partial charge in [0.05, 0.1) is 6.61 Å². The van der Waals surface area contributed by atoms with E-state index in [-0.39, 0.29) is 0 Å². The predicted octanol–water partition coefficient (Wildman–Crippen LogP) is 4.55. The summed E-state index contributed by atoms with van der Waals surface area (Å²) < 4.78 is 5.94. The van der Waals surface area contributed by atoms with Gasteiger partial charge in [-0.15, -0.1) is 0 Å². The molecule has 0 amide bonds. The van der Waals surface area contributed by atoms with Crippen LogP contribution in [-0.4, -0.2) is 19.2 Å². The van der Waals surface area contributed by atoms with Crippen molar-refractivity contribution in [1.29, 1.82) is 0 Å². The normalized spacial score (nSPS) is 12.4. The minimum absolute atomic E-state index is 0.623. The number of hydrogen-bond acceptors (Lipinski definition) is 2. The molecule has 0 aliphatic carbocycles. The van der Waals surface area contributed by atoms with Crippen LogP contribution < -0.4 is 10.1 Å². The van der Waals surface area contributed by atoms with Gasteiger partial charge in [0.15, 0.2) is 0 Å². The fourth-order valence-electron chi connectivity index (χ4n) is 2.38. The van der Waals surface area contributed by atoms with Crippen LogP contribution in [-0.2, 0) is 0 Å². The number of rotatable bonds is 9. The van der Waals surface area contributed by atoms with Crippen molar-refractivity contribution in [3.63, 3.8) is 0 Å². The highest BCUT2D eigenvalue weighted by molar-refractivity contribution is 5.41. The Morgan fingerprint density at radius 1 is 1.15 bits per heavy atom. The average molecular weight is 277 g/mol. The third-order valence-corrected chi connectivity index (χ3v) is 3.80. The fraction of sp³-hybridized carbons (Fsp3) is 0.667. The van der Waals surface area contributed by atoms with E-state index in [1.807, 2.05) is 0 Å². The van der Waals surface area contributed by atoms with Crippen molar-refractivity contribution < 1.29 is 4.74 Å². The zero-order valence-corrected chi connectivity index (χ0v) is 13.9. The Hall–Kier alpha value is -1.02. The highest BCUT2D eigenvalue weighted by Crippen LogP contribution is 2.23. The van der Waals surface area contributed by atoms with Crippen molar-refractivity contribution in [2.45, 2.75) is 66.3 Å². The SMILES string of the molecule is CCCNC(C)CCCCOc1cc(C)cc(C)c1C. The highest BCUT2D eigenvalue weighted by Gasteiger charge is 2.04. The molecule has 1 unspecified atom stereocenters. The molecule has 0 fully saturated rings. The number of unbranched alkanes of at least 4 members (excludes halogenated alkanes) is 1. The zero-order valence-electron chi connectivity index (χ0n) is 13.9. The van der Waals surface area contributed by atoms with Gasteiger partial charge in [0, 0.05) is 6.04 Å². The average Bonchev–Trinajstić information content (AvgIpc) is 2.41. The smallest absolute Gasteiger partial charge is 0.122 e. The van der Waals surface area contributed by atoms with E-state index in [0.717, 1.165) is 25.3 Å². The van der Waals surface area contributed by atoms with Crippen LogP contribution in [0.4, 0.5) is 0 Å². The molecule has 114 valence electrons. The summed E-state index contributed by atoms with van der Waals surface area (Å²) in [6.45, 7) is 12.8. The van der Waals surface area contributed by atoms with E-state index in [1.54, 1.807) is 0 Å². The van der Waals surface area contributed by atoms with E-state index in [9.17, 15) is 0 Å². The van der Waals surface area contributed by atoms with Gasteiger partial charge in [0.1, 0.15) is 5.75 Å². The third-order valence-electron chi connectivity index (χ3n) is 3.80. The molecule has 0 aliphatic heterocycles. The van der Waals surface area contributed by atoms with Gasteiger partial charge in [-0.3, -0.25) is 0 Å². The monoisotopic (exact) mass is 277 g/mol. The van der Waals surface area contributed by atoms with Crippen molar-refractivity contribution in [3.05, 3.63) is 28.8 Å². The van der Waals surface area contributed by atoms with Crippen LogP contribution in [0.25, 0.3) is 0 Å². The molecule has 0 aliphatic rings. The van der Waals surface area contributed by atoms with Gasteiger partial charge in [-0.05, 0) is 82.7 Å². The van der Waals surface area contributed by atoms with Crippen LogP contribution in [0.15, 0.2) is 12.1 Å². The molecular weight excluding hydrogens is 246 g/mol. The molecule has 0 spiro atoms. The van der Waals surface area contributed by atoms with Gasteiger partial charge in [0.25, 0.3) is 0 Å². The molecule has 0 saturated carbocycles. The van der Waals surface area contributed by atoms with E-state index in [1.165, 1.54) is 36.0 Å². The van der Waals surface area contributed by atoms with E-state index in [2.05, 4.69) is 52.1 Å². The second-order valence-corrected chi connectivity index (χ2v) is 5.90. The Morgan fingerprint density at radius 2 is 1.90 bits per heavy atom. The standard InChI is InChI=1S/C18H31NO/c1-6-10-19-16(4)9-7-8-11-20-18-13-14(2)12-15(3)17(18)5/h12-13,16,19H,6-11H2,1-5H3. The second-order valence-electron chi connectivity index (χ2n) is 5.90.